The molecule has 0 bridgehead atoms. The third-order valence-electron chi connectivity index (χ3n) is 5.91. The van der Waals surface area contributed by atoms with Gasteiger partial charge in [0.2, 0.25) is 0 Å². The summed E-state index contributed by atoms with van der Waals surface area (Å²) >= 11 is 1.68. The Balaban J connectivity index is 1.77. The van der Waals surface area contributed by atoms with Crippen molar-refractivity contribution >= 4 is 22.2 Å². The van der Waals surface area contributed by atoms with E-state index in [1.807, 2.05) is 42.5 Å². The lowest BCUT2D eigenvalue weighted by molar-refractivity contribution is 0.102. The van der Waals surface area contributed by atoms with Crippen LogP contribution in [0.15, 0.2) is 60.7 Å². The fourth-order valence-electron chi connectivity index (χ4n) is 4.33. The van der Waals surface area contributed by atoms with E-state index in [-0.39, 0.29) is 11.9 Å². The molecule has 3 aromatic rings. The number of benzene rings is 2. The van der Waals surface area contributed by atoms with Gasteiger partial charge in [-0.2, -0.15) is 0 Å². The first-order valence-electron chi connectivity index (χ1n) is 11.1. The number of piperidine rings is 1. The van der Waals surface area contributed by atoms with E-state index < -0.39 is 0 Å². The molecule has 162 valence electrons. The average Bonchev–Trinajstić information content (AvgIpc) is 3.23. The molecule has 2 heterocycles. The third kappa shape index (κ3) is 4.83. The highest BCUT2D eigenvalue weighted by molar-refractivity contribution is 7.16. The summed E-state index contributed by atoms with van der Waals surface area (Å²) in [5.41, 5.74) is 2.99. The maximum atomic E-state index is 13.0. The molecule has 4 rings (SSSR count). The summed E-state index contributed by atoms with van der Waals surface area (Å²) in [5, 5.41) is 4.16. The molecule has 1 aliphatic heterocycles. The molecule has 1 N–H and O–H groups in total. The van der Waals surface area contributed by atoms with Gasteiger partial charge in [-0.1, -0.05) is 49.7 Å². The molecule has 2 aromatic carbocycles. The zero-order valence-corrected chi connectivity index (χ0v) is 19.1. The minimum absolute atomic E-state index is 0.0547. The van der Waals surface area contributed by atoms with Crippen LogP contribution < -0.4 is 10.1 Å². The van der Waals surface area contributed by atoms with Crippen molar-refractivity contribution in [3.8, 4) is 5.75 Å². The van der Waals surface area contributed by atoms with Crippen molar-refractivity contribution in [2.75, 3.05) is 25.5 Å². The number of carbonyl (C=O) groups is 1. The molecule has 1 aromatic heterocycles. The molecular formula is C26H30N2O2S. The molecular weight excluding hydrogens is 404 g/mol. The number of para-hydroxylation sites is 1. The van der Waals surface area contributed by atoms with Crippen molar-refractivity contribution < 1.29 is 9.53 Å². The molecule has 1 aliphatic rings. The van der Waals surface area contributed by atoms with Crippen LogP contribution in [0.4, 0.5) is 5.00 Å². The first-order valence-corrected chi connectivity index (χ1v) is 11.9. The number of thiophene rings is 1. The van der Waals surface area contributed by atoms with Gasteiger partial charge < -0.3 is 10.1 Å². The Morgan fingerprint density at radius 3 is 2.45 bits per heavy atom. The third-order valence-corrected chi connectivity index (χ3v) is 7.12. The van der Waals surface area contributed by atoms with E-state index >= 15 is 0 Å². The summed E-state index contributed by atoms with van der Waals surface area (Å²) in [6.45, 7) is 4.26. The van der Waals surface area contributed by atoms with Gasteiger partial charge in [0.25, 0.3) is 5.91 Å². The quantitative estimate of drug-likeness (QED) is 0.485. The van der Waals surface area contributed by atoms with Crippen LogP contribution in [0.3, 0.4) is 0 Å². The van der Waals surface area contributed by atoms with Crippen LogP contribution in [-0.2, 0) is 6.42 Å². The number of methoxy groups -OCH3 is 1. The molecule has 1 amide bonds. The number of carbonyl (C=O) groups excluding carboxylic acids is 1. The van der Waals surface area contributed by atoms with Crippen molar-refractivity contribution in [1.29, 1.82) is 0 Å². The van der Waals surface area contributed by atoms with E-state index in [1.54, 1.807) is 18.4 Å². The molecule has 4 nitrogen and oxygen atoms in total. The molecule has 1 fully saturated rings. The number of rotatable bonds is 7. The monoisotopic (exact) mass is 434 g/mol. The summed E-state index contributed by atoms with van der Waals surface area (Å²) in [4.78, 5) is 16.8. The number of anilines is 1. The molecule has 0 unspecified atom stereocenters. The molecule has 0 radical (unpaired) electrons. The van der Waals surface area contributed by atoms with Crippen molar-refractivity contribution in [1.82, 2.24) is 4.90 Å². The first-order chi connectivity index (χ1) is 15.2. The summed E-state index contributed by atoms with van der Waals surface area (Å²) in [6, 6.07) is 20.0. The normalized spacial score (nSPS) is 15.4. The SMILES string of the molecule is CCc1cc([C@H](c2ccccc2OC)N2CCCCC2)c(NC(=O)c2ccccc2)s1. The lowest BCUT2D eigenvalue weighted by Crippen LogP contribution is -2.34. The van der Waals surface area contributed by atoms with Gasteiger partial charge in [-0.15, -0.1) is 11.3 Å². The number of aryl methyl sites for hydroxylation is 1. The Hall–Kier alpha value is -2.63. The number of ether oxygens (including phenoxy) is 1. The van der Waals surface area contributed by atoms with Crippen LogP contribution in [0.2, 0.25) is 0 Å². The van der Waals surface area contributed by atoms with Crippen molar-refractivity contribution in [2.24, 2.45) is 0 Å². The number of nitrogens with one attached hydrogen (secondary N) is 1. The predicted molar refractivity (Wildman–Crippen MR) is 128 cm³/mol. The van der Waals surface area contributed by atoms with Crippen LogP contribution in [0.5, 0.6) is 5.75 Å². The maximum Gasteiger partial charge on any atom is 0.256 e. The Kier molecular flexibility index (Phi) is 7.05. The molecule has 0 spiro atoms. The second-order valence-corrected chi connectivity index (χ2v) is 9.05. The van der Waals surface area contributed by atoms with Crippen molar-refractivity contribution in [2.45, 2.75) is 38.6 Å². The number of hydrogen-bond donors (Lipinski definition) is 1. The largest absolute Gasteiger partial charge is 0.496 e. The topological polar surface area (TPSA) is 41.6 Å². The highest BCUT2D eigenvalue weighted by Gasteiger charge is 2.30. The summed E-state index contributed by atoms with van der Waals surface area (Å²) in [6.07, 6.45) is 4.61. The minimum atomic E-state index is -0.0660. The highest BCUT2D eigenvalue weighted by Crippen LogP contribution is 2.43. The Morgan fingerprint density at radius 1 is 1.03 bits per heavy atom. The van der Waals surface area contributed by atoms with Gasteiger partial charge in [0.05, 0.1) is 13.2 Å². The number of likely N-dealkylation sites (tertiary alicyclic amines) is 1. The molecule has 1 saturated heterocycles. The van der Waals surface area contributed by atoms with Gasteiger partial charge in [0.1, 0.15) is 10.8 Å². The summed E-state index contributed by atoms with van der Waals surface area (Å²) in [7, 11) is 1.73. The van der Waals surface area contributed by atoms with E-state index in [2.05, 4.69) is 35.3 Å². The van der Waals surface area contributed by atoms with Gasteiger partial charge in [0, 0.05) is 21.6 Å². The van der Waals surface area contributed by atoms with Gasteiger partial charge in [-0.25, -0.2) is 0 Å². The van der Waals surface area contributed by atoms with Crippen LogP contribution in [0.1, 0.15) is 58.6 Å². The number of hydrogen-bond acceptors (Lipinski definition) is 4. The van der Waals surface area contributed by atoms with Crippen LogP contribution in [0, 0.1) is 0 Å². The van der Waals surface area contributed by atoms with Crippen molar-refractivity contribution in [3.63, 3.8) is 0 Å². The van der Waals surface area contributed by atoms with E-state index in [0.717, 1.165) is 41.4 Å². The smallest absolute Gasteiger partial charge is 0.256 e. The highest BCUT2D eigenvalue weighted by atomic mass is 32.1. The van der Waals surface area contributed by atoms with E-state index in [0.29, 0.717) is 5.56 Å². The fraction of sp³-hybridized carbons (Fsp3) is 0.346. The zero-order chi connectivity index (χ0) is 21.6. The predicted octanol–water partition coefficient (Wildman–Crippen LogP) is 6.15. The van der Waals surface area contributed by atoms with E-state index in [4.69, 9.17) is 4.74 Å². The standard InChI is InChI=1S/C26H30N2O2S/c1-3-20-18-22(26(31-20)27-25(29)19-12-6-4-7-13-19)24(28-16-10-5-11-17-28)21-14-8-9-15-23(21)30-2/h4,6-9,12-15,18,24H,3,5,10-11,16-17H2,1-2H3,(H,27,29)/t24-/m0/s1. The van der Waals surface area contributed by atoms with Crippen molar-refractivity contribution in [3.05, 3.63) is 82.2 Å². The molecule has 31 heavy (non-hydrogen) atoms. The van der Waals surface area contributed by atoms with Crippen LogP contribution in [-0.4, -0.2) is 31.0 Å². The molecule has 0 aliphatic carbocycles. The molecule has 0 saturated carbocycles. The van der Waals surface area contributed by atoms with Crippen LogP contribution >= 0.6 is 11.3 Å². The van der Waals surface area contributed by atoms with Gasteiger partial charge in [-0.3, -0.25) is 9.69 Å². The fourth-order valence-corrected chi connectivity index (χ4v) is 5.35. The number of amides is 1. The second kappa shape index (κ2) is 10.1. The first kappa shape index (κ1) is 21.6. The van der Waals surface area contributed by atoms with E-state index in [9.17, 15) is 4.79 Å². The van der Waals surface area contributed by atoms with Gasteiger partial charge in [0.15, 0.2) is 0 Å². The Bertz CT molecular complexity index is 1010. The molecule has 5 heteroatoms. The zero-order valence-electron chi connectivity index (χ0n) is 18.3. The molecule has 1 atom stereocenters. The summed E-state index contributed by atoms with van der Waals surface area (Å²) in [5.74, 6) is 0.825. The van der Waals surface area contributed by atoms with Gasteiger partial charge >= 0.3 is 0 Å². The lowest BCUT2D eigenvalue weighted by atomic mass is 9.95. The maximum absolute atomic E-state index is 13.0. The number of nitrogens with zero attached hydrogens (tertiary/aromatic N) is 1. The Labute approximate surface area is 188 Å². The van der Waals surface area contributed by atoms with E-state index in [1.165, 1.54) is 24.1 Å². The second-order valence-electron chi connectivity index (χ2n) is 7.91. The average molecular weight is 435 g/mol. The lowest BCUT2D eigenvalue weighted by Gasteiger charge is -2.35. The summed E-state index contributed by atoms with van der Waals surface area (Å²) < 4.78 is 5.75. The van der Waals surface area contributed by atoms with Gasteiger partial charge in [-0.05, 0) is 56.6 Å². The van der Waals surface area contributed by atoms with Crippen LogP contribution in [0.25, 0.3) is 0 Å². The Morgan fingerprint density at radius 2 is 1.74 bits per heavy atom. The minimum Gasteiger partial charge on any atom is -0.496 e.